The molecule has 4 rings (SSSR count). The number of hydrogen-bond donors (Lipinski definition) is 1. The van der Waals surface area contributed by atoms with Crippen molar-refractivity contribution in [3.05, 3.63) is 89.6 Å². The summed E-state index contributed by atoms with van der Waals surface area (Å²) in [6.07, 6.45) is 2.77. The minimum atomic E-state index is -0.0144. The second-order valence-corrected chi connectivity index (χ2v) is 9.38. The van der Waals surface area contributed by atoms with Gasteiger partial charge in [0.2, 0.25) is 0 Å². The molecule has 2 aromatic carbocycles. The molecule has 0 fully saturated rings. The Balaban J connectivity index is 1.36. The molecular weight excluding hydrogens is 454 g/mol. The zero-order chi connectivity index (χ0) is 24.5. The molecule has 0 saturated carbocycles. The van der Waals surface area contributed by atoms with Crippen LogP contribution in [0.2, 0.25) is 0 Å². The molecule has 0 bridgehead atoms. The Morgan fingerprint density at radius 3 is 2.49 bits per heavy atom. The predicted octanol–water partition coefficient (Wildman–Crippen LogP) is 5.23. The number of nitrogens with zero attached hydrogens (tertiary/aromatic N) is 4. The number of imidazole rings is 1. The maximum absolute atomic E-state index is 12.5. The normalized spacial score (nSPS) is 11.3. The topological polar surface area (TPSA) is 63.1 Å². The van der Waals surface area contributed by atoms with Crippen LogP contribution in [0.1, 0.15) is 41.8 Å². The average molecular weight is 488 g/mol. The van der Waals surface area contributed by atoms with Crippen molar-refractivity contribution in [1.82, 2.24) is 24.8 Å². The lowest BCUT2D eigenvalue weighted by Crippen LogP contribution is -2.29. The Morgan fingerprint density at radius 1 is 0.971 bits per heavy atom. The summed E-state index contributed by atoms with van der Waals surface area (Å²) in [7, 11) is 0. The van der Waals surface area contributed by atoms with Gasteiger partial charge in [0.1, 0.15) is 5.52 Å². The first-order valence-electron chi connectivity index (χ1n) is 12.3. The second-order valence-electron chi connectivity index (χ2n) is 8.43. The lowest BCUT2D eigenvalue weighted by molar-refractivity contribution is 0.0952. The molecule has 1 N–H and O–H groups in total. The fourth-order valence-corrected chi connectivity index (χ4v) is 4.96. The van der Waals surface area contributed by atoms with Crippen LogP contribution in [0.25, 0.3) is 11.2 Å². The largest absolute Gasteiger partial charge is 0.352 e. The van der Waals surface area contributed by atoms with Crippen LogP contribution in [0, 0.1) is 0 Å². The molecule has 4 aromatic rings. The smallest absolute Gasteiger partial charge is 0.251 e. The van der Waals surface area contributed by atoms with Crippen LogP contribution in [0.15, 0.2) is 78.1 Å². The monoisotopic (exact) mass is 487 g/mol. The number of carbonyl (C=O) groups is 1. The summed E-state index contributed by atoms with van der Waals surface area (Å²) in [6.45, 7) is 8.85. The first-order valence-corrected chi connectivity index (χ1v) is 13.2. The number of rotatable bonds is 12. The van der Waals surface area contributed by atoms with Gasteiger partial charge in [0.05, 0.1) is 6.54 Å². The van der Waals surface area contributed by atoms with E-state index >= 15 is 0 Å². The number of aromatic nitrogens is 3. The van der Waals surface area contributed by atoms with E-state index in [4.69, 9.17) is 4.98 Å². The molecule has 2 heterocycles. The summed E-state index contributed by atoms with van der Waals surface area (Å²) in [5.74, 6) is 0.753. The minimum absolute atomic E-state index is 0.0144. The van der Waals surface area contributed by atoms with E-state index in [9.17, 15) is 4.79 Å². The molecule has 0 aliphatic rings. The quantitative estimate of drug-likeness (QED) is 0.219. The third-order valence-electron chi connectivity index (χ3n) is 6.07. The maximum Gasteiger partial charge on any atom is 0.251 e. The van der Waals surface area contributed by atoms with Gasteiger partial charge in [-0.2, -0.15) is 0 Å². The highest BCUT2D eigenvalue weighted by Gasteiger charge is 2.13. The first kappa shape index (κ1) is 24.9. The predicted molar refractivity (Wildman–Crippen MR) is 144 cm³/mol. The minimum Gasteiger partial charge on any atom is -0.352 e. The second kappa shape index (κ2) is 12.5. The zero-order valence-corrected chi connectivity index (χ0v) is 21.3. The fraction of sp³-hybridized carbons (Fsp3) is 0.321. The van der Waals surface area contributed by atoms with Crippen molar-refractivity contribution >= 4 is 28.8 Å². The zero-order valence-electron chi connectivity index (χ0n) is 20.5. The van der Waals surface area contributed by atoms with Crippen LogP contribution in [-0.2, 0) is 12.3 Å². The van der Waals surface area contributed by atoms with Gasteiger partial charge in [-0.25, -0.2) is 9.97 Å². The summed E-state index contributed by atoms with van der Waals surface area (Å²) in [5.41, 5.74) is 4.86. The van der Waals surface area contributed by atoms with Gasteiger partial charge >= 0.3 is 0 Å². The van der Waals surface area contributed by atoms with Gasteiger partial charge < -0.3 is 10.2 Å². The Bertz CT molecular complexity index is 1220. The molecule has 2 aromatic heterocycles. The first-order chi connectivity index (χ1) is 17.2. The van der Waals surface area contributed by atoms with Crippen molar-refractivity contribution in [3.63, 3.8) is 0 Å². The van der Waals surface area contributed by atoms with Crippen molar-refractivity contribution in [2.75, 3.05) is 26.2 Å². The molecule has 0 aliphatic heterocycles. The highest BCUT2D eigenvalue weighted by Crippen LogP contribution is 2.27. The number of hydrogen-bond acceptors (Lipinski definition) is 5. The summed E-state index contributed by atoms with van der Waals surface area (Å²) in [5, 5.41) is 3.98. The third-order valence-corrected chi connectivity index (χ3v) is 7.11. The van der Waals surface area contributed by atoms with Crippen LogP contribution < -0.4 is 5.32 Å². The molecule has 0 aliphatic carbocycles. The van der Waals surface area contributed by atoms with Crippen molar-refractivity contribution < 1.29 is 4.79 Å². The van der Waals surface area contributed by atoms with E-state index in [1.165, 1.54) is 5.56 Å². The van der Waals surface area contributed by atoms with Crippen LogP contribution in [0.5, 0.6) is 0 Å². The van der Waals surface area contributed by atoms with E-state index in [2.05, 4.69) is 57.9 Å². The van der Waals surface area contributed by atoms with Gasteiger partial charge in [-0.05, 0) is 61.4 Å². The van der Waals surface area contributed by atoms with Crippen LogP contribution in [0.3, 0.4) is 0 Å². The van der Waals surface area contributed by atoms with Gasteiger partial charge in [-0.1, -0.05) is 68.1 Å². The summed E-state index contributed by atoms with van der Waals surface area (Å²) in [6, 6.07) is 22.2. The molecule has 0 unspecified atom stereocenters. The van der Waals surface area contributed by atoms with E-state index in [0.717, 1.165) is 60.2 Å². The number of pyridine rings is 1. The number of amides is 1. The number of thioether (sulfide) groups is 1. The van der Waals surface area contributed by atoms with Crippen molar-refractivity contribution in [2.45, 2.75) is 37.7 Å². The Hall–Kier alpha value is -3.16. The lowest BCUT2D eigenvalue weighted by Gasteiger charge is -2.17. The third kappa shape index (κ3) is 6.71. The molecule has 0 spiro atoms. The van der Waals surface area contributed by atoms with Gasteiger partial charge in [-0.3, -0.25) is 9.36 Å². The van der Waals surface area contributed by atoms with Gasteiger partial charge in [0.15, 0.2) is 10.8 Å². The van der Waals surface area contributed by atoms with Gasteiger partial charge in [0.25, 0.3) is 5.91 Å². The Labute approximate surface area is 211 Å². The summed E-state index contributed by atoms with van der Waals surface area (Å²) >= 11 is 1.69. The maximum atomic E-state index is 12.5. The van der Waals surface area contributed by atoms with Gasteiger partial charge in [-0.15, -0.1) is 0 Å². The molecule has 182 valence electrons. The Kier molecular flexibility index (Phi) is 8.92. The lowest BCUT2D eigenvalue weighted by atomic mass is 10.1. The number of fused-ring (bicyclic) bond motifs is 1. The van der Waals surface area contributed by atoms with E-state index in [1.807, 2.05) is 48.7 Å². The van der Waals surface area contributed by atoms with E-state index < -0.39 is 0 Å². The molecule has 35 heavy (non-hydrogen) atoms. The highest BCUT2D eigenvalue weighted by atomic mass is 32.2. The summed E-state index contributed by atoms with van der Waals surface area (Å²) < 4.78 is 2.18. The van der Waals surface area contributed by atoms with E-state index in [0.29, 0.717) is 12.1 Å². The fourth-order valence-electron chi connectivity index (χ4n) is 4.00. The molecular formula is C28H33N5OS. The van der Waals surface area contributed by atoms with Crippen molar-refractivity contribution in [1.29, 1.82) is 0 Å². The molecule has 7 heteroatoms. The van der Waals surface area contributed by atoms with Gasteiger partial charge in [0, 0.05) is 24.1 Å². The van der Waals surface area contributed by atoms with Crippen molar-refractivity contribution in [3.8, 4) is 0 Å². The number of benzene rings is 2. The standard InChI is InChI=1S/C28H33N5OS/c1-3-32(4-2)19-9-18-30-27(34)24-15-13-23(14-16-24)21-35-28-31-25-12-8-17-29-26(25)33(28)20-22-10-6-5-7-11-22/h5-8,10-17H,3-4,9,18-21H2,1-2H3,(H,30,34). The number of carbonyl (C=O) groups excluding carboxylic acids is 1. The molecule has 6 nitrogen and oxygen atoms in total. The van der Waals surface area contributed by atoms with E-state index in [-0.39, 0.29) is 5.91 Å². The average Bonchev–Trinajstić information content (AvgIpc) is 3.25. The summed E-state index contributed by atoms with van der Waals surface area (Å²) in [4.78, 5) is 24.3. The highest BCUT2D eigenvalue weighted by molar-refractivity contribution is 7.98. The van der Waals surface area contributed by atoms with Crippen LogP contribution >= 0.6 is 11.8 Å². The van der Waals surface area contributed by atoms with Crippen molar-refractivity contribution in [2.24, 2.45) is 0 Å². The SMILES string of the molecule is CCN(CC)CCCNC(=O)c1ccc(CSc2nc3cccnc3n2Cc2ccccc2)cc1. The Morgan fingerprint density at radius 2 is 1.74 bits per heavy atom. The van der Waals surface area contributed by atoms with Crippen LogP contribution in [-0.4, -0.2) is 51.5 Å². The molecule has 1 amide bonds. The molecule has 0 saturated heterocycles. The van der Waals surface area contributed by atoms with Crippen LogP contribution in [0.4, 0.5) is 0 Å². The molecule has 0 radical (unpaired) electrons. The number of nitrogens with one attached hydrogen (secondary N) is 1. The molecule has 0 atom stereocenters. The van der Waals surface area contributed by atoms with E-state index in [1.54, 1.807) is 11.8 Å².